The fourth-order valence-corrected chi connectivity index (χ4v) is 3.22. The van der Waals surface area contributed by atoms with E-state index in [0.29, 0.717) is 5.92 Å². The van der Waals surface area contributed by atoms with Crippen LogP contribution in [0.2, 0.25) is 0 Å². The summed E-state index contributed by atoms with van der Waals surface area (Å²) in [5, 5.41) is 1.99. The third-order valence-electron chi connectivity index (χ3n) is 2.38. The van der Waals surface area contributed by atoms with E-state index in [1.54, 1.807) is 23.1 Å². The summed E-state index contributed by atoms with van der Waals surface area (Å²) in [5.41, 5.74) is 6.07. The van der Waals surface area contributed by atoms with Crippen molar-refractivity contribution in [2.24, 2.45) is 11.7 Å². The molecule has 1 aromatic heterocycles. The first-order chi connectivity index (χ1) is 6.86. The summed E-state index contributed by atoms with van der Waals surface area (Å²) in [6, 6.07) is 0.242. The lowest BCUT2D eigenvalue weighted by Crippen LogP contribution is -2.32. The van der Waals surface area contributed by atoms with Gasteiger partial charge >= 0.3 is 0 Å². The first kappa shape index (κ1) is 10.4. The summed E-state index contributed by atoms with van der Waals surface area (Å²) in [7, 11) is 0. The second kappa shape index (κ2) is 5.11. The lowest BCUT2D eigenvalue weighted by Gasteiger charge is -2.15. The fourth-order valence-electron chi connectivity index (χ4n) is 1.48. The van der Waals surface area contributed by atoms with E-state index < -0.39 is 0 Å². The van der Waals surface area contributed by atoms with E-state index in [4.69, 9.17) is 10.5 Å². The molecule has 14 heavy (non-hydrogen) atoms. The second-order valence-electron chi connectivity index (χ2n) is 3.40. The summed E-state index contributed by atoms with van der Waals surface area (Å²) < 4.78 is 6.42. The lowest BCUT2D eigenvalue weighted by atomic mass is 10.0. The minimum atomic E-state index is 0.242. The van der Waals surface area contributed by atoms with Crippen LogP contribution in [0.4, 0.5) is 0 Å². The van der Waals surface area contributed by atoms with Gasteiger partial charge in [-0.2, -0.15) is 0 Å². The minimum absolute atomic E-state index is 0.242. The third-order valence-corrected chi connectivity index (χ3v) is 4.49. The molecule has 2 heterocycles. The first-order valence-corrected chi connectivity index (χ1v) is 6.58. The maximum absolute atomic E-state index is 6.07. The van der Waals surface area contributed by atoms with Crippen LogP contribution in [-0.2, 0) is 4.74 Å². The van der Waals surface area contributed by atoms with Crippen molar-refractivity contribution < 1.29 is 4.74 Å². The van der Waals surface area contributed by atoms with E-state index in [9.17, 15) is 0 Å². The Morgan fingerprint density at radius 3 is 3.36 bits per heavy atom. The summed E-state index contributed by atoms with van der Waals surface area (Å²) in [6.07, 6.45) is 2.94. The molecule has 0 amide bonds. The van der Waals surface area contributed by atoms with Gasteiger partial charge in [-0.05, 0) is 6.42 Å². The quantitative estimate of drug-likeness (QED) is 0.798. The monoisotopic (exact) mass is 230 g/mol. The predicted octanol–water partition coefficient (Wildman–Crippen LogP) is 1.60. The molecule has 0 aromatic carbocycles. The topological polar surface area (TPSA) is 48.1 Å². The molecule has 1 aliphatic heterocycles. The molecular formula is C9H14N2OS2. The van der Waals surface area contributed by atoms with E-state index in [-0.39, 0.29) is 6.04 Å². The highest BCUT2D eigenvalue weighted by Gasteiger charge is 2.22. The number of hydrogen-bond donors (Lipinski definition) is 1. The van der Waals surface area contributed by atoms with Crippen LogP contribution in [0.5, 0.6) is 0 Å². The lowest BCUT2D eigenvalue weighted by molar-refractivity contribution is 0.182. The van der Waals surface area contributed by atoms with Gasteiger partial charge in [0, 0.05) is 35.9 Å². The van der Waals surface area contributed by atoms with Crippen LogP contribution < -0.4 is 5.73 Å². The molecule has 0 saturated carbocycles. The SMILES string of the molecule is NC(CSc1nccs1)C1CCOC1. The Labute approximate surface area is 92.1 Å². The molecule has 78 valence electrons. The fraction of sp³-hybridized carbons (Fsp3) is 0.667. The Morgan fingerprint density at radius 1 is 1.79 bits per heavy atom. The van der Waals surface area contributed by atoms with Gasteiger partial charge in [0.1, 0.15) is 4.34 Å². The van der Waals surface area contributed by atoms with Crippen molar-refractivity contribution in [2.45, 2.75) is 16.8 Å². The molecule has 1 aromatic rings. The number of aromatic nitrogens is 1. The number of nitrogens with two attached hydrogens (primary N) is 1. The van der Waals surface area contributed by atoms with Gasteiger partial charge in [-0.3, -0.25) is 0 Å². The molecule has 0 aliphatic carbocycles. The Bertz CT molecular complexity index is 260. The van der Waals surface area contributed by atoms with Crippen molar-refractivity contribution in [3.8, 4) is 0 Å². The molecule has 0 spiro atoms. The zero-order valence-corrected chi connectivity index (χ0v) is 9.52. The molecule has 0 radical (unpaired) electrons. The van der Waals surface area contributed by atoms with Crippen molar-refractivity contribution in [1.82, 2.24) is 4.98 Å². The Morgan fingerprint density at radius 2 is 2.71 bits per heavy atom. The van der Waals surface area contributed by atoms with Gasteiger partial charge in [0.25, 0.3) is 0 Å². The van der Waals surface area contributed by atoms with Gasteiger partial charge in [-0.1, -0.05) is 11.8 Å². The molecule has 1 fully saturated rings. The number of hydrogen-bond acceptors (Lipinski definition) is 5. The second-order valence-corrected chi connectivity index (χ2v) is 5.56. The maximum atomic E-state index is 6.07. The van der Waals surface area contributed by atoms with Crippen LogP contribution >= 0.6 is 23.1 Å². The Kier molecular flexibility index (Phi) is 3.81. The van der Waals surface area contributed by atoms with Crippen LogP contribution in [0.15, 0.2) is 15.9 Å². The van der Waals surface area contributed by atoms with E-state index in [0.717, 1.165) is 29.7 Å². The summed E-state index contributed by atoms with van der Waals surface area (Å²) in [4.78, 5) is 4.21. The van der Waals surface area contributed by atoms with E-state index >= 15 is 0 Å². The number of nitrogens with zero attached hydrogens (tertiary/aromatic N) is 1. The maximum Gasteiger partial charge on any atom is 0.149 e. The Balaban J connectivity index is 1.74. The predicted molar refractivity (Wildman–Crippen MR) is 59.7 cm³/mol. The summed E-state index contributed by atoms with van der Waals surface area (Å²) in [6.45, 7) is 1.71. The number of thioether (sulfide) groups is 1. The van der Waals surface area contributed by atoms with Crippen molar-refractivity contribution >= 4 is 23.1 Å². The number of rotatable bonds is 4. The summed E-state index contributed by atoms with van der Waals surface area (Å²) in [5.74, 6) is 1.49. The van der Waals surface area contributed by atoms with Crippen LogP contribution in [0.25, 0.3) is 0 Å². The van der Waals surface area contributed by atoms with Crippen molar-refractivity contribution in [1.29, 1.82) is 0 Å². The van der Waals surface area contributed by atoms with Gasteiger partial charge in [0.2, 0.25) is 0 Å². The minimum Gasteiger partial charge on any atom is -0.381 e. The van der Waals surface area contributed by atoms with Crippen LogP contribution in [0.1, 0.15) is 6.42 Å². The van der Waals surface area contributed by atoms with E-state index in [2.05, 4.69) is 4.98 Å². The number of ether oxygens (including phenoxy) is 1. The molecule has 3 nitrogen and oxygen atoms in total. The average Bonchev–Trinajstić information content (AvgIpc) is 2.87. The zero-order chi connectivity index (χ0) is 9.80. The average molecular weight is 230 g/mol. The third kappa shape index (κ3) is 2.70. The van der Waals surface area contributed by atoms with Crippen LogP contribution in [0.3, 0.4) is 0 Å². The molecular weight excluding hydrogens is 216 g/mol. The molecule has 1 aliphatic rings. The molecule has 2 unspecified atom stereocenters. The van der Waals surface area contributed by atoms with E-state index in [1.165, 1.54) is 0 Å². The largest absolute Gasteiger partial charge is 0.381 e. The Hall–Kier alpha value is -0.100. The highest BCUT2D eigenvalue weighted by Crippen LogP contribution is 2.24. The van der Waals surface area contributed by atoms with Crippen molar-refractivity contribution in [3.05, 3.63) is 11.6 Å². The van der Waals surface area contributed by atoms with Crippen molar-refractivity contribution in [2.75, 3.05) is 19.0 Å². The van der Waals surface area contributed by atoms with Crippen molar-refractivity contribution in [3.63, 3.8) is 0 Å². The molecule has 2 atom stereocenters. The molecule has 1 saturated heterocycles. The zero-order valence-electron chi connectivity index (χ0n) is 7.89. The van der Waals surface area contributed by atoms with Gasteiger partial charge in [0.05, 0.1) is 6.61 Å². The normalized spacial score (nSPS) is 23.9. The molecule has 2 N–H and O–H groups in total. The molecule has 5 heteroatoms. The van der Waals surface area contributed by atoms with Gasteiger partial charge in [0.15, 0.2) is 0 Å². The highest BCUT2D eigenvalue weighted by molar-refractivity contribution is 8.01. The molecule has 0 bridgehead atoms. The highest BCUT2D eigenvalue weighted by atomic mass is 32.2. The van der Waals surface area contributed by atoms with Gasteiger partial charge < -0.3 is 10.5 Å². The van der Waals surface area contributed by atoms with E-state index in [1.807, 2.05) is 11.6 Å². The molecule has 2 rings (SSSR count). The smallest absolute Gasteiger partial charge is 0.149 e. The summed E-state index contributed by atoms with van der Waals surface area (Å²) >= 11 is 3.42. The first-order valence-electron chi connectivity index (χ1n) is 4.72. The van der Waals surface area contributed by atoms with Crippen LogP contribution in [0, 0.1) is 5.92 Å². The van der Waals surface area contributed by atoms with Gasteiger partial charge in [-0.25, -0.2) is 4.98 Å². The standard InChI is InChI=1S/C9H14N2OS2/c10-8(7-1-3-12-5-7)6-14-9-11-2-4-13-9/h2,4,7-8H,1,3,5-6,10H2. The van der Waals surface area contributed by atoms with Gasteiger partial charge in [-0.15, -0.1) is 11.3 Å². The number of thiazole rings is 1. The van der Waals surface area contributed by atoms with Crippen LogP contribution in [-0.4, -0.2) is 30.0 Å².